The number of hydrogen-bond donors (Lipinski definition) is 1. The van der Waals surface area contributed by atoms with Gasteiger partial charge in [0.1, 0.15) is 0 Å². The first-order valence-electron chi connectivity index (χ1n) is 9.99. The average molecular weight is 468 g/mol. The summed E-state index contributed by atoms with van der Waals surface area (Å²) in [6, 6.07) is 12.8. The first kappa shape index (κ1) is 21.4. The molecule has 0 saturated heterocycles. The summed E-state index contributed by atoms with van der Waals surface area (Å²) in [7, 11) is 0. The Hall–Kier alpha value is -4.41. The maximum atomic E-state index is 13.8. The normalized spacial score (nSPS) is 12.7. The van der Waals surface area contributed by atoms with E-state index < -0.39 is 17.8 Å². The van der Waals surface area contributed by atoms with Crippen molar-refractivity contribution in [3.8, 4) is 22.8 Å². The maximum Gasteiger partial charge on any atom is 0.433 e. The van der Waals surface area contributed by atoms with Gasteiger partial charge < -0.3 is 14.8 Å². The zero-order valence-corrected chi connectivity index (χ0v) is 17.5. The molecule has 0 bridgehead atoms. The van der Waals surface area contributed by atoms with Crippen molar-refractivity contribution in [2.45, 2.75) is 13.1 Å². The molecule has 0 aliphatic carbocycles. The zero-order chi connectivity index (χ0) is 24.0. The lowest BCUT2D eigenvalue weighted by Gasteiger charge is -2.11. The first-order valence-corrected chi connectivity index (χ1v) is 9.99. The summed E-state index contributed by atoms with van der Waals surface area (Å²) in [6.07, 6.45) is -4.76. The van der Waals surface area contributed by atoms with E-state index in [0.717, 1.165) is 6.07 Å². The van der Waals surface area contributed by atoms with Crippen molar-refractivity contribution in [3.63, 3.8) is 0 Å². The number of rotatable bonds is 4. The monoisotopic (exact) mass is 468 g/mol. The Labute approximate surface area is 189 Å². The second kappa shape index (κ2) is 7.87. The van der Waals surface area contributed by atoms with Crippen LogP contribution in [0.4, 0.5) is 18.9 Å². The van der Waals surface area contributed by atoms with Crippen LogP contribution in [-0.4, -0.2) is 33.1 Å². The van der Waals surface area contributed by atoms with Gasteiger partial charge >= 0.3 is 6.18 Å². The van der Waals surface area contributed by atoms with E-state index in [4.69, 9.17) is 9.47 Å². The minimum Gasteiger partial charge on any atom is -0.454 e. The lowest BCUT2D eigenvalue weighted by atomic mass is 10.1. The highest BCUT2D eigenvalue weighted by Gasteiger charge is 2.36. The van der Waals surface area contributed by atoms with Crippen molar-refractivity contribution < 1.29 is 32.2 Å². The van der Waals surface area contributed by atoms with Gasteiger partial charge in [-0.15, -0.1) is 0 Å². The summed E-state index contributed by atoms with van der Waals surface area (Å²) >= 11 is 0. The molecule has 5 rings (SSSR count). The van der Waals surface area contributed by atoms with Crippen LogP contribution < -0.4 is 14.8 Å². The number of carbonyl (C=O) groups is 2. The Kier molecular flexibility index (Phi) is 4.96. The summed E-state index contributed by atoms with van der Waals surface area (Å²) in [5.41, 5.74) is -0.260. The van der Waals surface area contributed by atoms with Gasteiger partial charge in [-0.05, 0) is 55.5 Å². The largest absolute Gasteiger partial charge is 0.454 e. The van der Waals surface area contributed by atoms with Gasteiger partial charge in [0.05, 0.1) is 5.69 Å². The van der Waals surface area contributed by atoms with E-state index >= 15 is 0 Å². The van der Waals surface area contributed by atoms with Gasteiger partial charge in [0.25, 0.3) is 5.91 Å². The number of Topliss-reactive ketones (excluding diaryl/α,β-unsaturated/α-hetero) is 1. The molecule has 34 heavy (non-hydrogen) atoms. The summed E-state index contributed by atoms with van der Waals surface area (Å²) in [4.78, 5) is 28.3. The molecule has 11 heteroatoms. The number of carbonyl (C=O) groups excluding carboxylic acids is 2. The van der Waals surface area contributed by atoms with Crippen LogP contribution in [0.25, 0.3) is 16.9 Å². The van der Waals surface area contributed by atoms with Crippen LogP contribution in [-0.2, 0) is 6.18 Å². The Morgan fingerprint density at radius 1 is 1.00 bits per heavy atom. The average Bonchev–Trinajstić information content (AvgIpc) is 3.44. The highest BCUT2D eigenvalue weighted by atomic mass is 19.4. The van der Waals surface area contributed by atoms with E-state index in [1.807, 2.05) is 0 Å². The predicted octanol–water partition coefficient (Wildman–Crippen LogP) is 4.60. The van der Waals surface area contributed by atoms with Crippen LogP contribution in [0.5, 0.6) is 11.5 Å². The van der Waals surface area contributed by atoms with Crippen LogP contribution >= 0.6 is 0 Å². The van der Waals surface area contributed by atoms with Crippen molar-refractivity contribution in [1.29, 1.82) is 0 Å². The van der Waals surface area contributed by atoms with Gasteiger partial charge in [-0.2, -0.15) is 18.3 Å². The highest BCUT2D eigenvalue weighted by molar-refractivity contribution is 6.04. The number of fused-ring (bicyclic) bond motifs is 2. The molecule has 0 atom stereocenters. The molecule has 1 N–H and O–H groups in total. The predicted molar refractivity (Wildman–Crippen MR) is 114 cm³/mol. The van der Waals surface area contributed by atoms with Crippen molar-refractivity contribution in [2.75, 3.05) is 12.1 Å². The molecule has 2 aromatic carbocycles. The fraction of sp³-hybridized carbons (Fsp3) is 0.130. The van der Waals surface area contributed by atoms with Crippen molar-refractivity contribution in [3.05, 3.63) is 71.5 Å². The second-order valence-corrected chi connectivity index (χ2v) is 7.48. The quantitative estimate of drug-likeness (QED) is 0.440. The lowest BCUT2D eigenvalue weighted by Crippen LogP contribution is -2.15. The number of alkyl halides is 3. The van der Waals surface area contributed by atoms with Crippen LogP contribution in [0.15, 0.2) is 54.6 Å². The van der Waals surface area contributed by atoms with Crippen LogP contribution in [0.3, 0.4) is 0 Å². The van der Waals surface area contributed by atoms with E-state index in [9.17, 15) is 22.8 Å². The molecule has 0 saturated carbocycles. The lowest BCUT2D eigenvalue weighted by molar-refractivity contribution is -0.142. The summed E-state index contributed by atoms with van der Waals surface area (Å²) in [5.74, 6) is 0.0266. The number of aromatic nitrogens is 3. The van der Waals surface area contributed by atoms with Crippen molar-refractivity contribution in [2.24, 2.45) is 0 Å². The van der Waals surface area contributed by atoms with E-state index in [1.165, 1.54) is 43.3 Å². The smallest absolute Gasteiger partial charge is 0.433 e. The number of hydrogen-bond acceptors (Lipinski definition) is 6. The third kappa shape index (κ3) is 3.91. The van der Waals surface area contributed by atoms with Gasteiger partial charge in [0.2, 0.25) is 6.79 Å². The molecule has 1 aliphatic rings. The van der Waals surface area contributed by atoms with E-state index in [2.05, 4.69) is 15.4 Å². The number of ether oxygens (including phenoxy) is 2. The van der Waals surface area contributed by atoms with E-state index in [1.54, 1.807) is 12.1 Å². The Morgan fingerprint density at radius 3 is 2.44 bits per heavy atom. The highest BCUT2D eigenvalue weighted by Crippen LogP contribution is 2.37. The Morgan fingerprint density at radius 2 is 1.74 bits per heavy atom. The minimum absolute atomic E-state index is 0.0254. The molecule has 1 aliphatic heterocycles. The molecule has 0 spiro atoms. The minimum atomic E-state index is -4.76. The number of amides is 1. The number of benzene rings is 2. The molecule has 4 aromatic rings. The molecule has 0 radical (unpaired) electrons. The van der Waals surface area contributed by atoms with Crippen LogP contribution in [0.2, 0.25) is 0 Å². The molecular formula is C23H15F3N4O4. The fourth-order valence-electron chi connectivity index (χ4n) is 3.47. The summed E-state index contributed by atoms with van der Waals surface area (Å²) < 4.78 is 52.6. The Bertz CT molecular complexity index is 1450. The van der Waals surface area contributed by atoms with Crippen molar-refractivity contribution >= 4 is 23.0 Å². The Balaban J connectivity index is 1.52. The zero-order valence-electron chi connectivity index (χ0n) is 17.5. The van der Waals surface area contributed by atoms with Gasteiger partial charge in [-0.1, -0.05) is 0 Å². The first-order chi connectivity index (χ1) is 16.2. The number of halogens is 3. The molecule has 172 valence electrons. The number of anilines is 1. The van der Waals surface area contributed by atoms with Crippen molar-refractivity contribution in [1.82, 2.24) is 14.6 Å². The molecule has 0 unspecified atom stereocenters. The van der Waals surface area contributed by atoms with Gasteiger partial charge in [-0.3, -0.25) is 9.59 Å². The third-order valence-electron chi connectivity index (χ3n) is 5.17. The van der Waals surface area contributed by atoms with Gasteiger partial charge in [-0.25, -0.2) is 9.50 Å². The number of nitrogens with zero attached hydrogens (tertiary/aromatic N) is 3. The maximum absolute atomic E-state index is 13.8. The van der Waals surface area contributed by atoms with E-state index in [0.29, 0.717) is 32.8 Å². The standard InChI is InChI=1S/C23H15F3N4O4/c1-12(31)13-2-5-15(6-3-13)27-22(32)17-10-21-28-16(9-20(23(24,25)26)30(21)29-17)14-4-7-18-19(8-14)34-11-33-18/h2-10H,11H2,1H3,(H,27,32). The second-order valence-electron chi connectivity index (χ2n) is 7.48. The molecule has 1 amide bonds. The summed E-state index contributed by atoms with van der Waals surface area (Å²) in [6.45, 7) is 1.44. The third-order valence-corrected chi connectivity index (χ3v) is 5.17. The summed E-state index contributed by atoms with van der Waals surface area (Å²) in [5, 5.41) is 6.39. The topological polar surface area (TPSA) is 94.8 Å². The fourth-order valence-corrected chi connectivity index (χ4v) is 3.47. The van der Waals surface area contributed by atoms with Crippen LogP contribution in [0, 0.1) is 0 Å². The molecule has 2 aromatic heterocycles. The SMILES string of the molecule is CC(=O)c1ccc(NC(=O)c2cc3nc(-c4ccc5c(c4)OCO5)cc(C(F)(F)F)n3n2)cc1. The molecule has 8 nitrogen and oxygen atoms in total. The molecule has 0 fully saturated rings. The van der Waals surface area contributed by atoms with Crippen LogP contribution in [0.1, 0.15) is 33.5 Å². The molecule has 3 heterocycles. The number of nitrogens with one attached hydrogen (secondary N) is 1. The van der Waals surface area contributed by atoms with E-state index in [-0.39, 0.29) is 29.6 Å². The van der Waals surface area contributed by atoms with Gasteiger partial charge in [0, 0.05) is 22.9 Å². The molecular weight excluding hydrogens is 453 g/mol. The van der Waals surface area contributed by atoms with Gasteiger partial charge in [0.15, 0.2) is 34.3 Å². The number of ketones is 1.